The maximum absolute atomic E-state index is 14.3. The molecule has 0 aromatic heterocycles. The third-order valence-corrected chi connectivity index (χ3v) is 21.6. The summed E-state index contributed by atoms with van der Waals surface area (Å²) in [4.78, 5) is 0. The Balaban J connectivity index is 2.44. The van der Waals surface area contributed by atoms with Crippen molar-refractivity contribution in [2.45, 2.75) is 33.8 Å². The Morgan fingerprint density at radius 2 is 1.86 bits per heavy atom. The van der Waals surface area contributed by atoms with Gasteiger partial charge in [0.1, 0.15) is 0 Å². The van der Waals surface area contributed by atoms with E-state index in [9.17, 15) is 3.32 Å². The van der Waals surface area contributed by atoms with E-state index in [1.165, 1.54) is 0 Å². The van der Waals surface area contributed by atoms with E-state index in [0.717, 1.165) is 11.1 Å². The van der Waals surface area contributed by atoms with Gasteiger partial charge < -0.3 is 0 Å². The minimum absolute atomic E-state index is 0.223. The molecule has 2 nitrogen and oxygen atoms in total. The number of fused-ring (bicyclic) bond motifs is 1. The first-order chi connectivity index (χ1) is 9.53. The molecule has 7 heteroatoms. The van der Waals surface area contributed by atoms with Crippen LogP contribution in [0.2, 0.25) is 29.6 Å². The van der Waals surface area contributed by atoms with Crippen LogP contribution in [0.25, 0.3) is 6.08 Å². The summed E-state index contributed by atoms with van der Waals surface area (Å²) in [7, 11) is 6.61. The van der Waals surface area contributed by atoms with E-state index in [1.54, 1.807) is 5.23 Å². The molecule has 0 radical (unpaired) electrons. The summed E-state index contributed by atoms with van der Waals surface area (Å²) in [5, 5.41) is 1.64. The van der Waals surface area contributed by atoms with Gasteiger partial charge in [0.15, 0.2) is 0 Å². The SMILES string of the molecule is C[Si](C)(C)OC[CH2][Ti]([CH3])(=[O])([SiH3])([Cl])([Cl])[CH]1C=Cc2ccccc21. The molecule has 0 bridgehead atoms. The quantitative estimate of drug-likeness (QED) is 0.651. The molecule has 124 valence electrons. The van der Waals surface area contributed by atoms with E-state index in [-0.39, 0.29) is 12.8 Å². The Labute approximate surface area is 140 Å². The molecule has 0 spiro atoms. The van der Waals surface area contributed by atoms with Crippen LogP contribution in [0.5, 0.6) is 0 Å². The van der Waals surface area contributed by atoms with Crippen molar-refractivity contribution in [3.8, 4) is 0 Å². The second-order valence-electron chi connectivity index (χ2n) is 9.30. The van der Waals surface area contributed by atoms with Crippen LogP contribution in [0.1, 0.15) is 15.3 Å². The number of rotatable bonds is 5. The molecule has 1 unspecified atom stereocenters. The topological polar surface area (TPSA) is 26.3 Å². The summed E-state index contributed by atoms with van der Waals surface area (Å²) in [5.74, 6) is 0. The average molecular weight is 413 g/mol. The van der Waals surface area contributed by atoms with Crippen molar-refractivity contribution < 1.29 is 17.6 Å². The van der Waals surface area contributed by atoms with Crippen molar-refractivity contribution in [2.75, 3.05) is 6.61 Å². The fourth-order valence-corrected chi connectivity index (χ4v) is 14.7. The second kappa shape index (κ2) is 4.34. The maximum atomic E-state index is 14.3. The number of hydrogen-bond donors (Lipinski definition) is 0. The van der Waals surface area contributed by atoms with Crippen LogP contribution in [0, 0.1) is 0 Å². The van der Waals surface area contributed by atoms with E-state index in [1.807, 2.05) is 36.4 Å². The minimum atomic E-state index is -5.91. The summed E-state index contributed by atoms with van der Waals surface area (Å²) in [5.41, 5.74) is 2.03. The molecule has 2 rings (SSSR count). The van der Waals surface area contributed by atoms with Gasteiger partial charge in [-0.1, -0.05) is 0 Å². The predicted molar refractivity (Wildman–Crippen MR) is 101 cm³/mol. The van der Waals surface area contributed by atoms with E-state index in [2.05, 4.69) is 19.6 Å². The standard InChI is InChI=1S/C9H7.C5H13OSi.CH3.2ClH.O.H3Si.Ti/c1-2-5-9-7-3-6-8(9)4-1;1-5-6-7(2,3)4;;;;;;/h1-7H;1,5H2,2-4H3;1H3;2*1H;;1H3;/q;;;;;;;+2/p-2. The summed E-state index contributed by atoms with van der Waals surface area (Å²) in [6, 6.07) is 7.90. The molecule has 1 atom stereocenters. The van der Waals surface area contributed by atoms with Crippen LogP contribution in [0.4, 0.5) is 0 Å². The van der Waals surface area contributed by atoms with Gasteiger partial charge in [-0.15, -0.1) is 0 Å². The molecule has 0 N–H and O–H groups in total. The van der Waals surface area contributed by atoms with Gasteiger partial charge in [0.25, 0.3) is 0 Å². The van der Waals surface area contributed by atoms with E-state index in [4.69, 9.17) is 23.0 Å². The van der Waals surface area contributed by atoms with Crippen LogP contribution in [0.3, 0.4) is 0 Å². The Kier molecular flexibility index (Phi) is 3.71. The van der Waals surface area contributed by atoms with Crippen molar-refractivity contribution >= 4 is 41.1 Å². The molecule has 22 heavy (non-hydrogen) atoms. The number of halogens is 2. The Morgan fingerprint density at radius 1 is 1.27 bits per heavy atom. The Morgan fingerprint density at radius 3 is 2.45 bits per heavy atom. The van der Waals surface area contributed by atoms with Gasteiger partial charge in [0.05, 0.1) is 0 Å². The third-order valence-electron chi connectivity index (χ3n) is 4.58. The molecular weight excluding hydrogens is 387 g/mol. The molecule has 0 heterocycles. The van der Waals surface area contributed by atoms with E-state index >= 15 is 0 Å². The van der Waals surface area contributed by atoms with Crippen molar-refractivity contribution in [2.24, 2.45) is 0 Å². The van der Waals surface area contributed by atoms with Gasteiger partial charge in [0, 0.05) is 0 Å². The summed E-state index contributed by atoms with van der Waals surface area (Å²) in [6.07, 6.45) is 3.90. The number of allylic oxidation sites excluding steroid dienone is 1. The Bertz CT molecular complexity index is 753. The van der Waals surface area contributed by atoms with Crippen LogP contribution in [-0.4, -0.2) is 23.0 Å². The molecule has 1 aromatic carbocycles. The predicted octanol–water partition coefficient (Wildman–Crippen LogP) is 4.77. The van der Waals surface area contributed by atoms with Crippen LogP contribution in [-0.2, 0) is 17.6 Å². The summed E-state index contributed by atoms with van der Waals surface area (Å²) < 4.78 is 20.1. The summed E-state index contributed by atoms with van der Waals surface area (Å²) >= 11 is 0. The fraction of sp³-hybridized carbons (Fsp3) is 0.467. The van der Waals surface area contributed by atoms with Crippen molar-refractivity contribution in [3.63, 3.8) is 0 Å². The summed E-state index contributed by atoms with van der Waals surface area (Å²) in [6.45, 7) is 6.67. The molecule has 0 saturated carbocycles. The molecule has 0 saturated heterocycles. The van der Waals surface area contributed by atoms with Crippen LogP contribution >= 0.6 is 18.6 Å². The first kappa shape index (κ1) is 18.8. The zero-order valence-electron chi connectivity index (χ0n) is 14.0. The van der Waals surface area contributed by atoms with Gasteiger partial charge in [-0.05, 0) is 0 Å². The van der Waals surface area contributed by atoms with Crippen molar-refractivity contribution in [1.29, 1.82) is 0 Å². The molecule has 0 aliphatic heterocycles. The molecule has 1 aromatic rings. The normalized spacial score (nSPS) is 23.4. The van der Waals surface area contributed by atoms with Gasteiger partial charge in [-0.25, -0.2) is 0 Å². The first-order valence-electron chi connectivity index (χ1n) is 7.79. The first-order valence-corrected chi connectivity index (χ1v) is 25.4. The zero-order chi connectivity index (χ0) is 17.0. The van der Waals surface area contributed by atoms with Crippen LogP contribution in [0.15, 0.2) is 30.3 Å². The van der Waals surface area contributed by atoms with Gasteiger partial charge in [0.2, 0.25) is 0 Å². The molecule has 0 amide bonds. The van der Waals surface area contributed by atoms with Crippen LogP contribution < -0.4 is 0 Å². The molecule has 1 aliphatic rings. The van der Waals surface area contributed by atoms with Gasteiger partial charge in [-0.3, -0.25) is 0 Å². The third kappa shape index (κ3) is 4.10. The fourth-order valence-electron chi connectivity index (χ4n) is 3.12. The molecule has 0 fully saturated rings. The second-order valence-corrected chi connectivity index (χ2v) is 62.8. The monoisotopic (exact) mass is 412 g/mol. The number of hydrogen-bond acceptors (Lipinski definition) is 2. The zero-order valence-corrected chi connectivity index (χ0v) is 20.1. The average Bonchev–Trinajstić information content (AvgIpc) is 2.69. The number of benzene rings is 1. The molecular formula is C15H26Cl2O2Si2Ti. The van der Waals surface area contributed by atoms with Crippen molar-refractivity contribution in [3.05, 3.63) is 41.5 Å². The van der Waals surface area contributed by atoms with Crippen molar-refractivity contribution in [1.82, 2.24) is 0 Å². The van der Waals surface area contributed by atoms with Gasteiger partial charge >= 0.3 is 141 Å². The van der Waals surface area contributed by atoms with E-state index < -0.39 is 22.4 Å². The molecule has 1 aliphatic carbocycles. The van der Waals surface area contributed by atoms with Gasteiger partial charge in [-0.2, -0.15) is 0 Å². The van der Waals surface area contributed by atoms with E-state index in [0.29, 0.717) is 6.61 Å². The Hall–Kier alpha value is 0.448.